The van der Waals surface area contributed by atoms with E-state index < -0.39 is 0 Å². The van der Waals surface area contributed by atoms with Gasteiger partial charge in [-0.1, -0.05) is 45.4 Å². The lowest BCUT2D eigenvalue weighted by atomic mass is 10.1. The average molecular weight is 307 g/mol. The third-order valence-corrected chi connectivity index (χ3v) is 4.18. The maximum Gasteiger partial charge on any atom is 0.273 e. The van der Waals surface area contributed by atoms with E-state index in [0.29, 0.717) is 11.6 Å². The average Bonchev–Trinajstić information content (AvgIpc) is 3.20. The number of nitrogens with zero attached hydrogens (tertiary/aromatic N) is 1. The van der Waals surface area contributed by atoms with Crippen LogP contribution < -0.4 is 10.6 Å². The molecule has 0 bridgehead atoms. The van der Waals surface area contributed by atoms with Gasteiger partial charge in [0.05, 0.1) is 6.04 Å². The van der Waals surface area contributed by atoms with Crippen molar-refractivity contribution in [3.8, 4) is 0 Å². The van der Waals surface area contributed by atoms with E-state index in [-0.39, 0.29) is 11.9 Å². The summed E-state index contributed by atoms with van der Waals surface area (Å²) in [5.74, 6) is 0.512. The number of amides is 1. The monoisotopic (exact) mass is 307 g/mol. The molecule has 2 rings (SSSR count). The van der Waals surface area contributed by atoms with Crippen molar-refractivity contribution in [3.63, 3.8) is 0 Å². The molecule has 1 aromatic rings. The van der Waals surface area contributed by atoms with E-state index in [1.807, 2.05) is 0 Å². The third-order valence-electron chi connectivity index (χ3n) is 4.18. The summed E-state index contributed by atoms with van der Waals surface area (Å²) < 4.78 is 5.42. The van der Waals surface area contributed by atoms with Crippen LogP contribution in [0.2, 0.25) is 0 Å². The van der Waals surface area contributed by atoms with Crippen LogP contribution in [0.1, 0.15) is 87.1 Å². The first-order chi connectivity index (χ1) is 10.8. The lowest BCUT2D eigenvalue weighted by molar-refractivity contribution is 0.0948. The number of aromatic nitrogens is 1. The van der Waals surface area contributed by atoms with Crippen LogP contribution in [-0.4, -0.2) is 24.0 Å². The molecule has 2 heterocycles. The minimum atomic E-state index is -0.126. The molecule has 1 amide bonds. The summed E-state index contributed by atoms with van der Waals surface area (Å²) in [6, 6.07) is 0.171. The maximum atomic E-state index is 12.0. The molecular formula is C17H29N3O2. The van der Waals surface area contributed by atoms with E-state index in [0.717, 1.165) is 32.4 Å². The molecule has 1 unspecified atom stereocenters. The highest BCUT2D eigenvalue weighted by Crippen LogP contribution is 2.22. The van der Waals surface area contributed by atoms with E-state index in [4.69, 9.17) is 4.42 Å². The zero-order valence-electron chi connectivity index (χ0n) is 13.7. The fourth-order valence-electron chi connectivity index (χ4n) is 2.82. The lowest BCUT2D eigenvalue weighted by Crippen LogP contribution is -2.25. The number of carbonyl (C=O) groups is 1. The molecule has 0 spiro atoms. The van der Waals surface area contributed by atoms with Crippen LogP contribution in [0.3, 0.4) is 0 Å². The van der Waals surface area contributed by atoms with Gasteiger partial charge in [0.25, 0.3) is 5.91 Å². The normalized spacial score (nSPS) is 17.8. The Morgan fingerprint density at radius 3 is 2.82 bits per heavy atom. The Balaban J connectivity index is 1.59. The van der Waals surface area contributed by atoms with Crippen LogP contribution in [0, 0.1) is 0 Å². The second-order valence-corrected chi connectivity index (χ2v) is 6.10. The fourth-order valence-corrected chi connectivity index (χ4v) is 2.82. The first kappa shape index (κ1) is 17.0. The van der Waals surface area contributed by atoms with Crippen LogP contribution in [-0.2, 0) is 0 Å². The number of hydrogen-bond donors (Lipinski definition) is 2. The molecule has 1 aliphatic rings. The number of rotatable bonds is 10. The molecule has 0 saturated carbocycles. The van der Waals surface area contributed by atoms with Gasteiger partial charge < -0.3 is 15.1 Å². The van der Waals surface area contributed by atoms with Gasteiger partial charge in [-0.05, 0) is 25.8 Å². The van der Waals surface area contributed by atoms with Crippen LogP contribution in [0.15, 0.2) is 10.7 Å². The van der Waals surface area contributed by atoms with Crippen molar-refractivity contribution in [2.45, 2.75) is 70.8 Å². The fraction of sp³-hybridized carbons (Fsp3) is 0.765. The van der Waals surface area contributed by atoms with Crippen molar-refractivity contribution in [3.05, 3.63) is 17.8 Å². The number of hydrogen-bond acceptors (Lipinski definition) is 4. The predicted molar refractivity (Wildman–Crippen MR) is 86.8 cm³/mol. The van der Waals surface area contributed by atoms with Gasteiger partial charge in [0.1, 0.15) is 6.26 Å². The summed E-state index contributed by atoms with van der Waals surface area (Å²) in [6.07, 6.45) is 12.4. The zero-order chi connectivity index (χ0) is 15.6. The number of oxazole rings is 1. The Kier molecular flexibility index (Phi) is 7.43. The summed E-state index contributed by atoms with van der Waals surface area (Å²) >= 11 is 0. The molecule has 2 N–H and O–H groups in total. The Hall–Kier alpha value is -1.36. The van der Waals surface area contributed by atoms with Gasteiger partial charge in [-0.25, -0.2) is 4.98 Å². The molecule has 0 aliphatic carbocycles. The van der Waals surface area contributed by atoms with Crippen molar-refractivity contribution in [1.82, 2.24) is 15.6 Å². The lowest BCUT2D eigenvalue weighted by Gasteiger charge is -2.04. The molecular weight excluding hydrogens is 278 g/mol. The molecule has 1 aliphatic heterocycles. The summed E-state index contributed by atoms with van der Waals surface area (Å²) in [4.78, 5) is 16.3. The molecule has 0 radical (unpaired) electrons. The first-order valence-corrected chi connectivity index (χ1v) is 8.78. The van der Waals surface area contributed by atoms with Gasteiger partial charge in [-0.2, -0.15) is 0 Å². The maximum absolute atomic E-state index is 12.0. The molecule has 5 nitrogen and oxygen atoms in total. The van der Waals surface area contributed by atoms with E-state index in [1.54, 1.807) is 0 Å². The van der Waals surface area contributed by atoms with Gasteiger partial charge >= 0.3 is 0 Å². The number of nitrogens with one attached hydrogen (secondary N) is 2. The minimum Gasteiger partial charge on any atom is -0.446 e. The van der Waals surface area contributed by atoms with E-state index in [2.05, 4.69) is 22.5 Å². The van der Waals surface area contributed by atoms with Gasteiger partial charge in [-0.15, -0.1) is 0 Å². The summed E-state index contributed by atoms with van der Waals surface area (Å²) in [5, 5.41) is 6.24. The van der Waals surface area contributed by atoms with Gasteiger partial charge in [0.15, 0.2) is 5.69 Å². The summed E-state index contributed by atoms with van der Waals surface area (Å²) in [6.45, 7) is 3.94. The molecule has 1 fully saturated rings. The summed E-state index contributed by atoms with van der Waals surface area (Å²) in [7, 11) is 0. The zero-order valence-corrected chi connectivity index (χ0v) is 13.7. The van der Waals surface area contributed by atoms with Gasteiger partial charge in [0, 0.05) is 6.54 Å². The Labute approximate surface area is 133 Å². The largest absolute Gasteiger partial charge is 0.446 e. The topological polar surface area (TPSA) is 67.2 Å². The van der Waals surface area contributed by atoms with E-state index in [9.17, 15) is 4.79 Å². The van der Waals surface area contributed by atoms with Crippen molar-refractivity contribution >= 4 is 5.91 Å². The molecule has 22 heavy (non-hydrogen) atoms. The second kappa shape index (κ2) is 9.62. The highest BCUT2D eigenvalue weighted by Gasteiger charge is 2.22. The highest BCUT2D eigenvalue weighted by atomic mass is 16.3. The van der Waals surface area contributed by atoms with E-state index >= 15 is 0 Å². The van der Waals surface area contributed by atoms with Crippen molar-refractivity contribution < 1.29 is 9.21 Å². The second-order valence-electron chi connectivity index (χ2n) is 6.10. The highest BCUT2D eigenvalue weighted by molar-refractivity contribution is 5.91. The molecule has 1 saturated heterocycles. The Morgan fingerprint density at radius 2 is 2.09 bits per heavy atom. The number of unbranched alkanes of at least 4 members (excludes halogenated alkanes) is 6. The SMILES string of the molecule is CCCCCCCCCNC(=O)c1coc(C2CCCN2)n1. The van der Waals surface area contributed by atoms with Crippen LogP contribution in [0.4, 0.5) is 0 Å². The summed E-state index contributed by atoms with van der Waals surface area (Å²) in [5.41, 5.74) is 0.395. The predicted octanol–water partition coefficient (Wildman–Crippen LogP) is 3.58. The molecule has 124 valence electrons. The molecule has 5 heteroatoms. The first-order valence-electron chi connectivity index (χ1n) is 8.78. The van der Waals surface area contributed by atoms with Crippen molar-refractivity contribution in [2.75, 3.05) is 13.1 Å². The van der Waals surface area contributed by atoms with Crippen LogP contribution in [0.25, 0.3) is 0 Å². The van der Waals surface area contributed by atoms with Crippen molar-refractivity contribution in [2.24, 2.45) is 0 Å². The minimum absolute atomic E-state index is 0.126. The third kappa shape index (κ3) is 5.44. The molecule has 1 atom stereocenters. The standard InChI is InChI=1S/C17H29N3O2/c1-2-3-4-5-6-7-8-11-19-16(21)15-13-22-17(20-15)14-10-9-12-18-14/h13-14,18H,2-12H2,1H3,(H,19,21). The Bertz CT molecular complexity index is 439. The van der Waals surface area contributed by atoms with Crippen LogP contribution in [0.5, 0.6) is 0 Å². The van der Waals surface area contributed by atoms with Gasteiger partial charge in [-0.3, -0.25) is 4.79 Å². The smallest absolute Gasteiger partial charge is 0.273 e. The Morgan fingerprint density at radius 1 is 1.32 bits per heavy atom. The quantitative estimate of drug-likeness (QED) is 0.648. The van der Waals surface area contributed by atoms with Gasteiger partial charge in [0.2, 0.25) is 5.89 Å². The number of carbonyl (C=O) groups excluding carboxylic acids is 1. The van der Waals surface area contributed by atoms with Crippen LogP contribution >= 0.6 is 0 Å². The molecule has 1 aromatic heterocycles. The molecule has 0 aromatic carbocycles. The van der Waals surface area contributed by atoms with E-state index in [1.165, 1.54) is 44.8 Å². The van der Waals surface area contributed by atoms with Crippen molar-refractivity contribution in [1.29, 1.82) is 0 Å².